The minimum atomic E-state index is 0.532. The molecule has 0 saturated carbocycles. The van der Waals surface area contributed by atoms with Gasteiger partial charge in [0, 0.05) is 37.9 Å². The topological polar surface area (TPSA) is 41.0 Å². The number of rotatable bonds is 7. The number of nitrogens with one attached hydrogen (secondary N) is 1. The smallest absolute Gasteiger partial charge is 0.131 e. The predicted molar refractivity (Wildman–Crippen MR) is 72.4 cm³/mol. The van der Waals surface area contributed by atoms with E-state index in [2.05, 4.69) is 54.1 Å². The Labute approximate surface area is 104 Å². The summed E-state index contributed by atoms with van der Waals surface area (Å²) in [6.07, 6.45) is 3.80. The van der Waals surface area contributed by atoms with Gasteiger partial charge in [0.05, 0.1) is 0 Å². The average molecular weight is 236 g/mol. The van der Waals surface area contributed by atoms with Crippen LogP contribution in [0.1, 0.15) is 32.9 Å². The normalized spacial score (nSPS) is 10.9. The summed E-state index contributed by atoms with van der Waals surface area (Å²) in [6.45, 7) is 8.41. The number of anilines is 1. The molecule has 4 heteroatoms. The number of aryl methyl sites for hydroxylation is 1. The van der Waals surface area contributed by atoms with Gasteiger partial charge in [-0.25, -0.2) is 9.97 Å². The third-order valence-corrected chi connectivity index (χ3v) is 2.61. The molecular weight excluding hydrogens is 212 g/mol. The molecule has 4 nitrogen and oxygen atoms in total. The number of hydrogen-bond acceptors (Lipinski definition) is 4. The molecule has 0 aromatic carbocycles. The first-order valence-electron chi connectivity index (χ1n) is 6.39. The van der Waals surface area contributed by atoms with E-state index in [1.807, 2.05) is 0 Å². The molecule has 1 aromatic rings. The van der Waals surface area contributed by atoms with E-state index in [4.69, 9.17) is 0 Å². The summed E-state index contributed by atoms with van der Waals surface area (Å²) in [5.74, 6) is 1.01. The van der Waals surface area contributed by atoms with Crippen molar-refractivity contribution in [2.24, 2.45) is 0 Å². The van der Waals surface area contributed by atoms with Gasteiger partial charge in [-0.2, -0.15) is 0 Å². The Balaban J connectivity index is 2.50. The standard InChI is InChI=1S/C13H24N4/c1-5-6-12-9-13(16-10-15-12)17(4)8-7-14-11(2)3/h9-11,14H,5-8H2,1-4H3. The molecule has 0 saturated heterocycles. The van der Waals surface area contributed by atoms with Gasteiger partial charge in [0.15, 0.2) is 0 Å². The van der Waals surface area contributed by atoms with Crippen LogP contribution in [0.4, 0.5) is 5.82 Å². The van der Waals surface area contributed by atoms with Crippen LogP contribution in [0.15, 0.2) is 12.4 Å². The van der Waals surface area contributed by atoms with E-state index in [0.29, 0.717) is 6.04 Å². The van der Waals surface area contributed by atoms with Gasteiger partial charge in [-0.05, 0) is 6.42 Å². The summed E-state index contributed by atoms with van der Waals surface area (Å²) in [6, 6.07) is 2.61. The SMILES string of the molecule is CCCc1cc(N(C)CCNC(C)C)ncn1. The third-order valence-electron chi connectivity index (χ3n) is 2.61. The Bertz CT molecular complexity index is 325. The number of likely N-dealkylation sites (N-methyl/N-ethyl adjacent to an activating group) is 1. The predicted octanol–water partition coefficient (Wildman–Crippen LogP) is 1.86. The molecular formula is C13H24N4. The minimum absolute atomic E-state index is 0.532. The largest absolute Gasteiger partial charge is 0.358 e. The Morgan fingerprint density at radius 2 is 2.12 bits per heavy atom. The van der Waals surface area contributed by atoms with E-state index in [9.17, 15) is 0 Å². The van der Waals surface area contributed by atoms with Crippen molar-refractivity contribution in [3.8, 4) is 0 Å². The van der Waals surface area contributed by atoms with Gasteiger partial charge in [-0.1, -0.05) is 27.2 Å². The Hall–Kier alpha value is -1.16. The molecule has 1 N–H and O–H groups in total. The fourth-order valence-corrected chi connectivity index (χ4v) is 1.62. The molecule has 1 heterocycles. The van der Waals surface area contributed by atoms with Crippen molar-refractivity contribution in [3.63, 3.8) is 0 Å². The van der Waals surface area contributed by atoms with Crippen LogP contribution in [0, 0.1) is 0 Å². The second-order valence-electron chi connectivity index (χ2n) is 4.65. The van der Waals surface area contributed by atoms with Crippen molar-refractivity contribution in [2.45, 2.75) is 39.7 Å². The lowest BCUT2D eigenvalue weighted by Gasteiger charge is -2.19. The highest BCUT2D eigenvalue weighted by Gasteiger charge is 2.04. The van der Waals surface area contributed by atoms with Crippen molar-refractivity contribution < 1.29 is 0 Å². The van der Waals surface area contributed by atoms with Crippen LogP contribution in [-0.2, 0) is 6.42 Å². The lowest BCUT2D eigenvalue weighted by molar-refractivity contribution is 0.588. The zero-order valence-electron chi connectivity index (χ0n) is 11.4. The zero-order chi connectivity index (χ0) is 12.7. The van der Waals surface area contributed by atoms with Crippen LogP contribution in [0.3, 0.4) is 0 Å². The van der Waals surface area contributed by atoms with Gasteiger partial charge in [0.2, 0.25) is 0 Å². The molecule has 1 rings (SSSR count). The summed E-state index contributed by atoms with van der Waals surface area (Å²) in [4.78, 5) is 10.7. The van der Waals surface area contributed by atoms with Crippen LogP contribution in [0.2, 0.25) is 0 Å². The van der Waals surface area contributed by atoms with Crippen LogP contribution >= 0.6 is 0 Å². The zero-order valence-corrected chi connectivity index (χ0v) is 11.4. The van der Waals surface area contributed by atoms with Gasteiger partial charge in [0.1, 0.15) is 12.1 Å². The molecule has 0 radical (unpaired) electrons. The first kappa shape index (κ1) is 13.9. The van der Waals surface area contributed by atoms with Crippen LogP contribution in [-0.4, -0.2) is 36.1 Å². The molecule has 0 amide bonds. The monoisotopic (exact) mass is 236 g/mol. The Morgan fingerprint density at radius 3 is 2.76 bits per heavy atom. The molecule has 0 aliphatic rings. The summed E-state index contributed by atoms with van der Waals surface area (Å²) in [5.41, 5.74) is 1.13. The van der Waals surface area contributed by atoms with E-state index in [1.54, 1.807) is 6.33 Å². The summed E-state index contributed by atoms with van der Waals surface area (Å²) in [5, 5.41) is 3.40. The average Bonchev–Trinajstić information content (AvgIpc) is 2.29. The number of hydrogen-bond donors (Lipinski definition) is 1. The maximum absolute atomic E-state index is 4.31. The second-order valence-corrected chi connectivity index (χ2v) is 4.65. The van der Waals surface area contributed by atoms with Crippen molar-refractivity contribution in [1.82, 2.24) is 15.3 Å². The Morgan fingerprint density at radius 1 is 1.35 bits per heavy atom. The van der Waals surface area contributed by atoms with E-state index in [-0.39, 0.29) is 0 Å². The lowest BCUT2D eigenvalue weighted by atomic mass is 10.2. The fraction of sp³-hybridized carbons (Fsp3) is 0.692. The lowest BCUT2D eigenvalue weighted by Crippen LogP contribution is -2.33. The van der Waals surface area contributed by atoms with E-state index >= 15 is 0 Å². The minimum Gasteiger partial charge on any atom is -0.358 e. The highest BCUT2D eigenvalue weighted by molar-refractivity contribution is 5.37. The van der Waals surface area contributed by atoms with E-state index in [0.717, 1.165) is 37.4 Å². The van der Waals surface area contributed by atoms with Crippen LogP contribution in [0.25, 0.3) is 0 Å². The quantitative estimate of drug-likeness (QED) is 0.784. The molecule has 17 heavy (non-hydrogen) atoms. The molecule has 0 atom stereocenters. The maximum Gasteiger partial charge on any atom is 0.131 e. The molecule has 0 fully saturated rings. The summed E-state index contributed by atoms with van der Waals surface area (Å²) < 4.78 is 0. The van der Waals surface area contributed by atoms with Crippen molar-refractivity contribution in [3.05, 3.63) is 18.1 Å². The molecule has 0 bridgehead atoms. The number of aromatic nitrogens is 2. The highest BCUT2D eigenvalue weighted by atomic mass is 15.2. The fourth-order valence-electron chi connectivity index (χ4n) is 1.62. The first-order chi connectivity index (χ1) is 8.13. The van der Waals surface area contributed by atoms with E-state index in [1.165, 1.54) is 0 Å². The first-order valence-corrected chi connectivity index (χ1v) is 6.39. The molecule has 1 aromatic heterocycles. The molecule has 0 spiro atoms. The molecule has 0 unspecified atom stereocenters. The maximum atomic E-state index is 4.31. The van der Waals surface area contributed by atoms with E-state index < -0.39 is 0 Å². The summed E-state index contributed by atoms with van der Waals surface area (Å²) in [7, 11) is 2.07. The molecule has 0 aliphatic heterocycles. The van der Waals surface area contributed by atoms with Crippen molar-refractivity contribution in [2.75, 3.05) is 25.0 Å². The van der Waals surface area contributed by atoms with Gasteiger partial charge in [-0.3, -0.25) is 0 Å². The Kier molecular flexibility index (Phi) is 5.91. The second kappa shape index (κ2) is 7.22. The molecule has 0 aliphatic carbocycles. The van der Waals surface area contributed by atoms with Crippen LogP contribution < -0.4 is 10.2 Å². The highest BCUT2D eigenvalue weighted by Crippen LogP contribution is 2.09. The van der Waals surface area contributed by atoms with Gasteiger partial charge >= 0.3 is 0 Å². The van der Waals surface area contributed by atoms with Gasteiger partial charge in [-0.15, -0.1) is 0 Å². The van der Waals surface area contributed by atoms with Gasteiger partial charge in [0.25, 0.3) is 0 Å². The third kappa shape index (κ3) is 5.13. The number of nitrogens with zero attached hydrogens (tertiary/aromatic N) is 3. The molecule has 96 valence electrons. The van der Waals surface area contributed by atoms with Crippen molar-refractivity contribution >= 4 is 5.82 Å². The van der Waals surface area contributed by atoms with Crippen LogP contribution in [0.5, 0.6) is 0 Å². The van der Waals surface area contributed by atoms with Gasteiger partial charge < -0.3 is 10.2 Å². The summed E-state index contributed by atoms with van der Waals surface area (Å²) >= 11 is 0. The van der Waals surface area contributed by atoms with Crippen molar-refractivity contribution in [1.29, 1.82) is 0 Å².